The van der Waals surface area contributed by atoms with Crippen LogP contribution in [-0.4, -0.2) is 18.6 Å². The Balaban J connectivity index is 1.84. The fraction of sp³-hybridized carbons (Fsp3) is 0.588. The van der Waals surface area contributed by atoms with E-state index in [-0.39, 0.29) is 12.5 Å². The van der Waals surface area contributed by atoms with Gasteiger partial charge in [-0.2, -0.15) is 0 Å². The summed E-state index contributed by atoms with van der Waals surface area (Å²) in [7, 11) is 0. The molecule has 20 heavy (non-hydrogen) atoms. The first-order valence-electron chi connectivity index (χ1n) is 7.56. The predicted molar refractivity (Wildman–Crippen MR) is 81.0 cm³/mol. The lowest BCUT2D eigenvalue weighted by molar-refractivity contribution is -0.124. The zero-order valence-electron chi connectivity index (χ0n) is 12.7. The largest absolute Gasteiger partial charge is 0.483 e. The molecule has 0 saturated heterocycles. The van der Waals surface area contributed by atoms with Crippen molar-refractivity contribution in [2.24, 2.45) is 5.92 Å². The van der Waals surface area contributed by atoms with E-state index in [1.165, 1.54) is 24.8 Å². The Morgan fingerprint density at radius 3 is 2.80 bits per heavy atom. The molecule has 3 heteroatoms. The second-order valence-corrected chi connectivity index (χ2v) is 5.92. The third-order valence-corrected chi connectivity index (χ3v) is 4.37. The van der Waals surface area contributed by atoms with Gasteiger partial charge in [0, 0.05) is 6.04 Å². The highest BCUT2D eigenvalue weighted by atomic mass is 16.5. The van der Waals surface area contributed by atoms with Crippen LogP contribution in [0.4, 0.5) is 0 Å². The van der Waals surface area contributed by atoms with Crippen molar-refractivity contribution >= 4 is 5.91 Å². The Morgan fingerprint density at radius 2 is 2.05 bits per heavy atom. The van der Waals surface area contributed by atoms with Crippen LogP contribution in [0.5, 0.6) is 5.75 Å². The molecule has 0 unspecified atom stereocenters. The molecular weight excluding hydrogens is 250 g/mol. The highest BCUT2D eigenvalue weighted by molar-refractivity contribution is 5.77. The molecular formula is C17H25NO2. The molecule has 0 heterocycles. The molecule has 0 bridgehead atoms. The third kappa shape index (κ3) is 3.75. The summed E-state index contributed by atoms with van der Waals surface area (Å²) in [4.78, 5) is 12.0. The van der Waals surface area contributed by atoms with Crippen LogP contribution in [-0.2, 0) is 4.79 Å². The predicted octanol–water partition coefficient (Wildman–Crippen LogP) is 3.38. The summed E-state index contributed by atoms with van der Waals surface area (Å²) in [5.74, 6) is 1.37. The van der Waals surface area contributed by atoms with Crippen molar-refractivity contribution in [3.8, 4) is 5.75 Å². The second-order valence-electron chi connectivity index (χ2n) is 5.92. The van der Waals surface area contributed by atoms with Crippen LogP contribution in [0.2, 0.25) is 0 Å². The van der Waals surface area contributed by atoms with Gasteiger partial charge in [-0.1, -0.05) is 31.9 Å². The van der Waals surface area contributed by atoms with Crippen LogP contribution in [0.25, 0.3) is 0 Å². The van der Waals surface area contributed by atoms with Gasteiger partial charge >= 0.3 is 0 Å². The maximum absolute atomic E-state index is 12.0. The maximum Gasteiger partial charge on any atom is 0.258 e. The number of rotatable bonds is 4. The summed E-state index contributed by atoms with van der Waals surface area (Å²) >= 11 is 0. The van der Waals surface area contributed by atoms with Crippen LogP contribution >= 0.6 is 0 Å². The van der Waals surface area contributed by atoms with Crippen LogP contribution in [0, 0.1) is 19.8 Å². The number of ether oxygens (including phenoxy) is 1. The lowest BCUT2D eigenvalue weighted by Crippen LogP contribution is -2.43. The quantitative estimate of drug-likeness (QED) is 0.915. The standard InChI is InChI=1S/C17H25NO2/c1-12-8-6-10-16(14(12)3)20-11-17(19)18-15-9-5-4-7-13(15)2/h6,8,10,13,15H,4-5,7,9,11H2,1-3H3,(H,18,19)/t13-,15+/m1/s1. The third-order valence-electron chi connectivity index (χ3n) is 4.37. The molecule has 110 valence electrons. The average Bonchev–Trinajstić information content (AvgIpc) is 2.43. The van der Waals surface area contributed by atoms with Gasteiger partial charge in [0.15, 0.2) is 6.61 Å². The summed E-state index contributed by atoms with van der Waals surface area (Å²) in [5, 5.41) is 3.11. The topological polar surface area (TPSA) is 38.3 Å². The van der Waals surface area contributed by atoms with E-state index >= 15 is 0 Å². The smallest absolute Gasteiger partial charge is 0.258 e. The van der Waals surface area contributed by atoms with Gasteiger partial charge in [0.1, 0.15) is 5.75 Å². The number of aryl methyl sites for hydroxylation is 1. The van der Waals surface area contributed by atoms with Gasteiger partial charge in [-0.3, -0.25) is 4.79 Å². The van der Waals surface area contributed by atoms with E-state index in [1.54, 1.807) is 0 Å². The van der Waals surface area contributed by atoms with Crippen LogP contribution in [0.15, 0.2) is 18.2 Å². The van der Waals surface area contributed by atoms with Crippen molar-refractivity contribution in [2.45, 2.75) is 52.5 Å². The van der Waals surface area contributed by atoms with Crippen molar-refractivity contribution in [3.63, 3.8) is 0 Å². The Hall–Kier alpha value is -1.51. The molecule has 1 N–H and O–H groups in total. The van der Waals surface area contributed by atoms with E-state index in [0.717, 1.165) is 17.7 Å². The number of carbonyl (C=O) groups is 1. The summed E-state index contributed by atoms with van der Waals surface area (Å²) < 4.78 is 5.64. The lowest BCUT2D eigenvalue weighted by Gasteiger charge is -2.29. The molecule has 0 aliphatic heterocycles. The number of benzene rings is 1. The Morgan fingerprint density at radius 1 is 1.30 bits per heavy atom. The fourth-order valence-corrected chi connectivity index (χ4v) is 2.80. The Kier molecular flexibility index (Phi) is 5.05. The first-order chi connectivity index (χ1) is 9.58. The molecule has 1 aromatic rings. The van der Waals surface area contributed by atoms with E-state index < -0.39 is 0 Å². The van der Waals surface area contributed by atoms with Gasteiger partial charge in [0.2, 0.25) is 0 Å². The molecule has 1 aliphatic rings. The summed E-state index contributed by atoms with van der Waals surface area (Å²) in [6, 6.07) is 6.24. The molecule has 1 aromatic carbocycles. The molecule has 2 atom stereocenters. The summed E-state index contributed by atoms with van der Waals surface area (Å²) in [5.41, 5.74) is 2.29. The normalized spacial score (nSPS) is 22.4. The van der Waals surface area contributed by atoms with E-state index in [4.69, 9.17) is 4.74 Å². The Bertz CT molecular complexity index is 470. The van der Waals surface area contributed by atoms with Crippen molar-refractivity contribution in [2.75, 3.05) is 6.61 Å². The molecule has 0 aromatic heterocycles. The van der Waals surface area contributed by atoms with Crippen LogP contribution in [0.1, 0.15) is 43.7 Å². The van der Waals surface area contributed by atoms with E-state index in [9.17, 15) is 4.79 Å². The highest BCUT2D eigenvalue weighted by Gasteiger charge is 2.22. The Labute approximate surface area is 121 Å². The lowest BCUT2D eigenvalue weighted by atomic mass is 9.86. The van der Waals surface area contributed by atoms with Gasteiger partial charge in [0.05, 0.1) is 0 Å². The zero-order chi connectivity index (χ0) is 14.5. The minimum atomic E-state index is -0.00958. The van der Waals surface area contributed by atoms with E-state index in [2.05, 4.69) is 12.2 Å². The number of carbonyl (C=O) groups excluding carboxylic acids is 1. The first kappa shape index (κ1) is 14.9. The van der Waals surface area contributed by atoms with Gasteiger partial charge in [0.25, 0.3) is 5.91 Å². The maximum atomic E-state index is 12.0. The van der Waals surface area contributed by atoms with Crippen molar-refractivity contribution in [1.82, 2.24) is 5.32 Å². The molecule has 2 rings (SSSR count). The molecule has 3 nitrogen and oxygen atoms in total. The van der Waals surface area contributed by atoms with Gasteiger partial charge in [-0.15, -0.1) is 0 Å². The first-order valence-corrected chi connectivity index (χ1v) is 7.56. The van der Waals surface area contributed by atoms with Gasteiger partial charge in [-0.25, -0.2) is 0 Å². The summed E-state index contributed by atoms with van der Waals surface area (Å²) in [6.45, 7) is 6.39. The number of hydrogen-bond donors (Lipinski definition) is 1. The van der Waals surface area contributed by atoms with Gasteiger partial charge < -0.3 is 10.1 Å². The SMILES string of the molecule is Cc1cccc(OCC(=O)N[C@H]2CCCC[C@H]2C)c1C. The van der Waals surface area contributed by atoms with Crippen molar-refractivity contribution in [1.29, 1.82) is 0 Å². The summed E-state index contributed by atoms with van der Waals surface area (Å²) in [6.07, 6.45) is 4.80. The zero-order valence-corrected chi connectivity index (χ0v) is 12.7. The van der Waals surface area contributed by atoms with E-state index in [0.29, 0.717) is 12.0 Å². The fourth-order valence-electron chi connectivity index (χ4n) is 2.80. The molecule has 1 aliphatic carbocycles. The van der Waals surface area contributed by atoms with E-state index in [1.807, 2.05) is 32.0 Å². The number of hydrogen-bond acceptors (Lipinski definition) is 2. The van der Waals surface area contributed by atoms with Crippen molar-refractivity contribution < 1.29 is 9.53 Å². The minimum Gasteiger partial charge on any atom is -0.483 e. The number of nitrogens with one attached hydrogen (secondary N) is 1. The molecule has 1 amide bonds. The highest BCUT2D eigenvalue weighted by Crippen LogP contribution is 2.24. The van der Waals surface area contributed by atoms with Crippen molar-refractivity contribution in [3.05, 3.63) is 29.3 Å². The molecule has 0 spiro atoms. The second kappa shape index (κ2) is 6.78. The van der Waals surface area contributed by atoms with Crippen LogP contribution in [0.3, 0.4) is 0 Å². The molecule has 0 radical (unpaired) electrons. The number of amides is 1. The minimum absolute atomic E-state index is 0.00958. The average molecular weight is 275 g/mol. The van der Waals surface area contributed by atoms with Gasteiger partial charge in [-0.05, 0) is 49.8 Å². The molecule has 1 fully saturated rings. The monoisotopic (exact) mass is 275 g/mol. The van der Waals surface area contributed by atoms with Crippen LogP contribution < -0.4 is 10.1 Å². The molecule has 1 saturated carbocycles.